The summed E-state index contributed by atoms with van der Waals surface area (Å²) in [7, 11) is 0. The van der Waals surface area contributed by atoms with Gasteiger partial charge in [0.2, 0.25) is 0 Å². The number of aromatic nitrogens is 4. The minimum atomic E-state index is -0.148. The average Bonchev–Trinajstić information content (AvgIpc) is 3.31. The van der Waals surface area contributed by atoms with Gasteiger partial charge in [-0.05, 0) is 25.0 Å². The van der Waals surface area contributed by atoms with E-state index in [-0.39, 0.29) is 18.9 Å². The predicted molar refractivity (Wildman–Crippen MR) is 81.6 cm³/mol. The van der Waals surface area contributed by atoms with Crippen LogP contribution in [0.15, 0.2) is 35.5 Å². The molecular weight excluding hydrogens is 298 g/mol. The van der Waals surface area contributed by atoms with Crippen molar-refractivity contribution in [2.45, 2.75) is 31.7 Å². The number of fused-ring (bicyclic) bond motifs is 1. The third-order valence-electron chi connectivity index (χ3n) is 3.97. The fourth-order valence-electron chi connectivity index (χ4n) is 2.80. The van der Waals surface area contributed by atoms with Crippen LogP contribution >= 0.6 is 0 Å². The second kappa shape index (κ2) is 5.98. The van der Waals surface area contributed by atoms with Crippen molar-refractivity contribution in [3.05, 3.63) is 36.8 Å². The highest BCUT2D eigenvalue weighted by Gasteiger charge is 2.27. The molecule has 1 fully saturated rings. The molecule has 1 aliphatic rings. The summed E-state index contributed by atoms with van der Waals surface area (Å²) in [5, 5.41) is 12.4. The van der Waals surface area contributed by atoms with Gasteiger partial charge in [-0.25, -0.2) is 15.0 Å². The number of aliphatic hydroxyl groups excluding tert-OH is 1. The first-order valence-corrected chi connectivity index (χ1v) is 7.55. The molecule has 3 aromatic rings. The zero-order chi connectivity index (χ0) is 15.6. The van der Waals surface area contributed by atoms with Gasteiger partial charge in [0.25, 0.3) is 0 Å². The van der Waals surface area contributed by atoms with E-state index in [4.69, 9.17) is 9.15 Å². The zero-order valence-corrected chi connectivity index (χ0v) is 12.4. The number of ether oxygens (including phenoxy) is 1. The summed E-state index contributed by atoms with van der Waals surface area (Å²) in [4.78, 5) is 13.0. The van der Waals surface area contributed by atoms with Crippen LogP contribution in [-0.2, 0) is 11.3 Å². The van der Waals surface area contributed by atoms with Crippen LogP contribution in [0.5, 0.6) is 0 Å². The number of nitrogens with zero attached hydrogens (tertiary/aromatic N) is 4. The smallest absolute Gasteiger partial charge is 0.167 e. The summed E-state index contributed by atoms with van der Waals surface area (Å²) in [6.07, 6.45) is 6.24. The number of nitrogens with one attached hydrogen (secondary N) is 1. The lowest BCUT2D eigenvalue weighted by Crippen LogP contribution is -2.14. The molecule has 23 heavy (non-hydrogen) atoms. The molecule has 1 aliphatic heterocycles. The van der Waals surface area contributed by atoms with Gasteiger partial charge in [0.1, 0.15) is 18.3 Å². The third-order valence-corrected chi connectivity index (χ3v) is 3.97. The van der Waals surface area contributed by atoms with Crippen molar-refractivity contribution in [1.29, 1.82) is 0 Å². The minimum absolute atomic E-state index is 0.0358. The van der Waals surface area contributed by atoms with Gasteiger partial charge in [-0.1, -0.05) is 0 Å². The molecule has 4 heterocycles. The molecule has 0 spiro atoms. The van der Waals surface area contributed by atoms with E-state index in [1.165, 1.54) is 6.33 Å². The Labute approximate surface area is 132 Å². The fourth-order valence-corrected chi connectivity index (χ4v) is 2.80. The van der Waals surface area contributed by atoms with Crippen molar-refractivity contribution < 1.29 is 14.3 Å². The molecule has 0 radical (unpaired) electrons. The molecule has 1 unspecified atom stereocenters. The molecule has 0 amide bonds. The van der Waals surface area contributed by atoms with E-state index in [2.05, 4.69) is 20.3 Å². The van der Waals surface area contributed by atoms with Gasteiger partial charge in [0.15, 0.2) is 17.0 Å². The Hall–Kier alpha value is -2.45. The van der Waals surface area contributed by atoms with Crippen molar-refractivity contribution in [1.82, 2.24) is 19.5 Å². The Bertz CT molecular complexity index is 786. The van der Waals surface area contributed by atoms with Crippen LogP contribution in [0.3, 0.4) is 0 Å². The van der Waals surface area contributed by atoms with Crippen molar-refractivity contribution in [2.24, 2.45) is 0 Å². The van der Waals surface area contributed by atoms with E-state index in [9.17, 15) is 5.11 Å². The second-order valence-electron chi connectivity index (χ2n) is 5.45. The van der Waals surface area contributed by atoms with Crippen molar-refractivity contribution in [2.75, 3.05) is 11.9 Å². The Kier molecular flexibility index (Phi) is 3.68. The third kappa shape index (κ3) is 2.66. The Morgan fingerprint density at radius 3 is 3.04 bits per heavy atom. The first-order valence-electron chi connectivity index (χ1n) is 7.55. The first kappa shape index (κ1) is 14.2. The number of aliphatic hydroxyl groups is 1. The molecule has 2 N–H and O–H groups in total. The maximum absolute atomic E-state index is 9.20. The number of imidazole rings is 1. The van der Waals surface area contributed by atoms with Gasteiger partial charge in [-0.2, -0.15) is 0 Å². The second-order valence-corrected chi connectivity index (χ2v) is 5.45. The van der Waals surface area contributed by atoms with Crippen LogP contribution in [-0.4, -0.2) is 37.3 Å². The van der Waals surface area contributed by atoms with Crippen LogP contribution in [0.4, 0.5) is 5.82 Å². The van der Waals surface area contributed by atoms with E-state index < -0.39 is 0 Å². The highest BCUT2D eigenvalue weighted by molar-refractivity contribution is 5.82. The normalized spacial score (nSPS) is 21.1. The monoisotopic (exact) mass is 315 g/mol. The molecule has 0 bridgehead atoms. The quantitative estimate of drug-likeness (QED) is 0.739. The fraction of sp³-hybridized carbons (Fsp3) is 0.400. The van der Waals surface area contributed by atoms with E-state index >= 15 is 0 Å². The van der Waals surface area contributed by atoms with Gasteiger partial charge < -0.3 is 19.6 Å². The number of hydrogen-bond acceptors (Lipinski definition) is 7. The van der Waals surface area contributed by atoms with Gasteiger partial charge in [0.05, 0.1) is 31.8 Å². The summed E-state index contributed by atoms with van der Waals surface area (Å²) < 4.78 is 13.0. The number of rotatable bonds is 5. The molecular formula is C15H17N5O3. The van der Waals surface area contributed by atoms with E-state index in [0.717, 1.165) is 18.6 Å². The SMILES string of the molecule is OCC1CC[C@H](n2cnc3c(NCc4ccco4)ncnc32)O1. The van der Waals surface area contributed by atoms with Crippen molar-refractivity contribution in [3.8, 4) is 0 Å². The maximum atomic E-state index is 9.20. The van der Waals surface area contributed by atoms with Gasteiger partial charge in [-0.15, -0.1) is 0 Å². The van der Waals surface area contributed by atoms with E-state index in [1.54, 1.807) is 12.6 Å². The van der Waals surface area contributed by atoms with Crippen molar-refractivity contribution >= 4 is 17.0 Å². The summed E-state index contributed by atoms with van der Waals surface area (Å²) in [6.45, 7) is 0.562. The number of anilines is 1. The van der Waals surface area contributed by atoms with Crippen LogP contribution in [0, 0.1) is 0 Å². The highest BCUT2D eigenvalue weighted by atomic mass is 16.5. The Morgan fingerprint density at radius 1 is 1.30 bits per heavy atom. The predicted octanol–water partition coefficient (Wildman–Crippen LogP) is 1.70. The molecule has 0 aliphatic carbocycles. The molecule has 0 saturated carbocycles. The Morgan fingerprint density at radius 2 is 2.26 bits per heavy atom. The number of hydrogen-bond donors (Lipinski definition) is 2. The zero-order valence-electron chi connectivity index (χ0n) is 12.4. The molecule has 3 aromatic heterocycles. The molecule has 1 saturated heterocycles. The van der Waals surface area contributed by atoms with Crippen LogP contribution < -0.4 is 5.32 Å². The van der Waals surface area contributed by atoms with Crippen LogP contribution in [0.1, 0.15) is 24.8 Å². The summed E-state index contributed by atoms with van der Waals surface area (Å²) >= 11 is 0. The molecule has 8 heteroatoms. The van der Waals surface area contributed by atoms with Gasteiger partial charge >= 0.3 is 0 Å². The molecule has 0 aromatic carbocycles. The lowest BCUT2D eigenvalue weighted by molar-refractivity contribution is -0.0207. The molecule has 2 atom stereocenters. The first-order chi connectivity index (χ1) is 11.3. The highest BCUT2D eigenvalue weighted by Crippen LogP contribution is 2.31. The summed E-state index contributed by atoms with van der Waals surface area (Å²) in [5.74, 6) is 1.47. The van der Waals surface area contributed by atoms with E-state index in [1.807, 2.05) is 16.7 Å². The topological polar surface area (TPSA) is 98.2 Å². The standard InChI is InChI=1S/C15H17N5O3/c21-7-11-3-4-12(23-11)20-9-19-13-14(17-8-18-15(13)20)16-6-10-2-1-5-22-10/h1-2,5,8-9,11-12,21H,3-4,6-7H2,(H,16,17,18)/t11?,12-/m1/s1. The molecule has 120 valence electrons. The molecule has 4 rings (SSSR count). The van der Waals surface area contributed by atoms with Gasteiger partial charge in [0, 0.05) is 0 Å². The Balaban J connectivity index is 1.59. The van der Waals surface area contributed by atoms with Crippen LogP contribution in [0.2, 0.25) is 0 Å². The lowest BCUT2D eigenvalue weighted by atomic mass is 10.2. The minimum Gasteiger partial charge on any atom is -0.467 e. The molecule has 8 nitrogen and oxygen atoms in total. The average molecular weight is 315 g/mol. The summed E-state index contributed by atoms with van der Waals surface area (Å²) in [5.41, 5.74) is 1.40. The largest absolute Gasteiger partial charge is 0.467 e. The maximum Gasteiger partial charge on any atom is 0.167 e. The van der Waals surface area contributed by atoms with Crippen molar-refractivity contribution in [3.63, 3.8) is 0 Å². The van der Waals surface area contributed by atoms with Gasteiger partial charge in [-0.3, -0.25) is 4.57 Å². The lowest BCUT2D eigenvalue weighted by Gasteiger charge is -2.13. The van der Waals surface area contributed by atoms with Crippen LogP contribution in [0.25, 0.3) is 11.2 Å². The van der Waals surface area contributed by atoms with E-state index in [0.29, 0.717) is 23.5 Å². The number of furan rings is 1. The summed E-state index contributed by atoms with van der Waals surface area (Å²) in [6, 6.07) is 3.74.